The zero-order chi connectivity index (χ0) is 22.2. The Labute approximate surface area is 180 Å². The van der Waals surface area contributed by atoms with Gasteiger partial charge in [0.1, 0.15) is 18.4 Å². The third kappa shape index (κ3) is 5.79. The molecule has 6 nitrogen and oxygen atoms in total. The van der Waals surface area contributed by atoms with Crippen molar-refractivity contribution in [1.29, 1.82) is 0 Å². The Bertz CT molecular complexity index is 1060. The SMILES string of the molecule is Cc1cccc(OCc2ccc(C(=O)N[C@@H](Cc3ccccc3)C(=O)O)cc2)c1C=O. The molecule has 0 aliphatic carbocycles. The van der Waals surface area contributed by atoms with Gasteiger partial charge in [0, 0.05) is 12.0 Å². The third-order valence-corrected chi connectivity index (χ3v) is 4.90. The van der Waals surface area contributed by atoms with Crippen LogP contribution in [0.15, 0.2) is 72.8 Å². The van der Waals surface area contributed by atoms with Gasteiger partial charge in [0.2, 0.25) is 0 Å². The molecule has 0 aliphatic rings. The van der Waals surface area contributed by atoms with Crippen LogP contribution in [0.2, 0.25) is 0 Å². The number of carboxylic acids is 1. The number of hydrogen-bond acceptors (Lipinski definition) is 4. The summed E-state index contributed by atoms with van der Waals surface area (Å²) in [4.78, 5) is 35.3. The van der Waals surface area contributed by atoms with Gasteiger partial charge >= 0.3 is 5.97 Å². The minimum absolute atomic E-state index is 0.198. The minimum atomic E-state index is -1.09. The fraction of sp³-hybridized carbons (Fsp3) is 0.160. The lowest BCUT2D eigenvalue weighted by atomic mass is 10.1. The summed E-state index contributed by atoms with van der Waals surface area (Å²) < 4.78 is 5.75. The monoisotopic (exact) mass is 417 g/mol. The molecule has 0 aliphatic heterocycles. The molecule has 158 valence electrons. The van der Waals surface area contributed by atoms with Crippen LogP contribution in [-0.2, 0) is 17.8 Å². The predicted octanol–water partition coefficient (Wildman–Crippen LogP) is 3.81. The second-order valence-electron chi connectivity index (χ2n) is 7.14. The van der Waals surface area contributed by atoms with Crippen molar-refractivity contribution in [2.24, 2.45) is 0 Å². The number of carboxylic acid groups (broad SMARTS) is 1. The summed E-state index contributed by atoms with van der Waals surface area (Å²) in [5, 5.41) is 12.0. The fourth-order valence-electron chi connectivity index (χ4n) is 3.14. The van der Waals surface area contributed by atoms with E-state index in [9.17, 15) is 19.5 Å². The standard InChI is InChI=1S/C25H23NO5/c1-17-6-5-9-23(21(17)15-27)31-16-19-10-12-20(13-11-19)24(28)26-22(25(29)30)14-18-7-3-2-4-8-18/h2-13,15,22H,14,16H2,1H3,(H,26,28)(H,29,30)/t22-/m0/s1. The van der Waals surface area contributed by atoms with Crippen molar-refractivity contribution >= 4 is 18.2 Å². The molecule has 1 amide bonds. The molecule has 0 heterocycles. The van der Waals surface area contributed by atoms with E-state index < -0.39 is 17.9 Å². The number of ether oxygens (including phenoxy) is 1. The summed E-state index contributed by atoms with van der Waals surface area (Å²) in [6.07, 6.45) is 0.968. The molecule has 0 unspecified atom stereocenters. The number of nitrogens with one attached hydrogen (secondary N) is 1. The van der Waals surface area contributed by atoms with Gasteiger partial charge in [-0.05, 0) is 41.8 Å². The smallest absolute Gasteiger partial charge is 0.326 e. The van der Waals surface area contributed by atoms with Gasteiger partial charge < -0.3 is 15.2 Å². The lowest BCUT2D eigenvalue weighted by molar-refractivity contribution is -0.139. The average molecular weight is 417 g/mol. The van der Waals surface area contributed by atoms with E-state index in [-0.39, 0.29) is 13.0 Å². The average Bonchev–Trinajstić information content (AvgIpc) is 2.78. The van der Waals surface area contributed by atoms with Crippen molar-refractivity contribution in [3.8, 4) is 5.75 Å². The van der Waals surface area contributed by atoms with Gasteiger partial charge in [0.25, 0.3) is 5.91 Å². The number of aryl methyl sites for hydroxylation is 1. The normalized spacial score (nSPS) is 11.4. The van der Waals surface area contributed by atoms with E-state index in [1.165, 1.54) is 0 Å². The Morgan fingerprint density at radius 2 is 1.68 bits per heavy atom. The Kier molecular flexibility index (Phi) is 7.17. The highest BCUT2D eigenvalue weighted by Gasteiger charge is 2.21. The number of rotatable bonds is 9. The van der Waals surface area contributed by atoms with Crippen LogP contribution in [0.5, 0.6) is 5.75 Å². The maximum absolute atomic E-state index is 12.5. The molecule has 0 bridgehead atoms. The highest BCUT2D eigenvalue weighted by molar-refractivity contribution is 5.96. The quantitative estimate of drug-likeness (QED) is 0.517. The maximum atomic E-state index is 12.5. The first kappa shape index (κ1) is 21.8. The van der Waals surface area contributed by atoms with Crippen molar-refractivity contribution in [3.05, 3.63) is 101 Å². The molecule has 3 rings (SSSR count). The van der Waals surface area contributed by atoms with Crippen molar-refractivity contribution in [2.45, 2.75) is 26.0 Å². The maximum Gasteiger partial charge on any atom is 0.326 e. The summed E-state index contributed by atoms with van der Waals surface area (Å²) in [6, 6.07) is 20.2. The first-order chi connectivity index (χ1) is 15.0. The minimum Gasteiger partial charge on any atom is -0.488 e. The Hall–Kier alpha value is -3.93. The molecule has 2 N–H and O–H groups in total. The number of amides is 1. The summed E-state index contributed by atoms with van der Waals surface area (Å²) in [5.74, 6) is -1.05. The van der Waals surface area contributed by atoms with Gasteiger partial charge in [0.15, 0.2) is 6.29 Å². The van der Waals surface area contributed by atoms with Crippen LogP contribution in [0, 0.1) is 6.92 Å². The first-order valence-corrected chi connectivity index (χ1v) is 9.82. The molecule has 3 aromatic carbocycles. The summed E-state index contributed by atoms with van der Waals surface area (Å²) in [6.45, 7) is 2.07. The van der Waals surface area contributed by atoms with Crippen molar-refractivity contribution in [1.82, 2.24) is 5.32 Å². The van der Waals surface area contributed by atoms with Crippen LogP contribution in [0.3, 0.4) is 0 Å². The van der Waals surface area contributed by atoms with Gasteiger partial charge in [-0.2, -0.15) is 0 Å². The number of aldehydes is 1. The Morgan fingerprint density at radius 3 is 2.32 bits per heavy atom. The molecule has 0 saturated heterocycles. The molecule has 1 atom stereocenters. The van der Waals surface area contributed by atoms with E-state index in [0.717, 1.165) is 23.0 Å². The molecule has 0 saturated carbocycles. The highest BCUT2D eigenvalue weighted by Crippen LogP contribution is 2.21. The van der Waals surface area contributed by atoms with Crippen molar-refractivity contribution in [3.63, 3.8) is 0 Å². The summed E-state index contributed by atoms with van der Waals surface area (Å²) in [7, 11) is 0. The largest absolute Gasteiger partial charge is 0.488 e. The van der Waals surface area contributed by atoms with Crippen LogP contribution in [0.25, 0.3) is 0 Å². The molecular formula is C25H23NO5. The van der Waals surface area contributed by atoms with E-state index in [1.807, 2.05) is 49.4 Å². The molecule has 0 radical (unpaired) electrons. The lowest BCUT2D eigenvalue weighted by Crippen LogP contribution is -2.42. The number of carbonyl (C=O) groups is 3. The summed E-state index contributed by atoms with van der Waals surface area (Å²) >= 11 is 0. The van der Waals surface area contributed by atoms with Crippen molar-refractivity contribution in [2.75, 3.05) is 0 Å². The van der Waals surface area contributed by atoms with Crippen LogP contribution in [0.4, 0.5) is 0 Å². The molecular weight excluding hydrogens is 394 g/mol. The third-order valence-electron chi connectivity index (χ3n) is 4.90. The second-order valence-corrected chi connectivity index (χ2v) is 7.14. The topological polar surface area (TPSA) is 92.7 Å². The van der Waals surface area contributed by atoms with E-state index in [0.29, 0.717) is 16.9 Å². The molecule has 0 spiro atoms. The molecule has 0 fully saturated rings. The lowest BCUT2D eigenvalue weighted by Gasteiger charge is -2.15. The molecule has 31 heavy (non-hydrogen) atoms. The van der Waals surface area contributed by atoms with Crippen LogP contribution < -0.4 is 10.1 Å². The van der Waals surface area contributed by atoms with E-state index in [4.69, 9.17) is 4.74 Å². The zero-order valence-corrected chi connectivity index (χ0v) is 17.1. The second kappa shape index (κ2) is 10.2. The van der Waals surface area contributed by atoms with Gasteiger partial charge in [-0.15, -0.1) is 0 Å². The number of hydrogen-bond donors (Lipinski definition) is 2. The van der Waals surface area contributed by atoms with E-state index in [2.05, 4.69) is 5.32 Å². The van der Waals surface area contributed by atoms with Gasteiger partial charge in [-0.25, -0.2) is 4.79 Å². The van der Waals surface area contributed by atoms with Crippen molar-refractivity contribution < 1.29 is 24.2 Å². The molecule has 6 heteroatoms. The van der Waals surface area contributed by atoms with E-state index >= 15 is 0 Å². The number of carbonyl (C=O) groups excluding carboxylic acids is 2. The predicted molar refractivity (Wildman–Crippen MR) is 116 cm³/mol. The molecule has 0 aromatic heterocycles. The van der Waals surface area contributed by atoms with Crippen LogP contribution in [-0.4, -0.2) is 29.3 Å². The Morgan fingerprint density at radius 1 is 0.968 bits per heavy atom. The molecule has 3 aromatic rings. The highest BCUT2D eigenvalue weighted by atomic mass is 16.5. The fourth-order valence-corrected chi connectivity index (χ4v) is 3.14. The first-order valence-electron chi connectivity index (χ1n) is 9.82. The van der Waals surface area contributed by atoms with E-state index in [1.54, 1.807) is 30.3 Å². The zero-order valence-electron chi connectivity index (χ0n) is 17.1. The van der Waals surface area contributed by atoms with Crippen LogP contribution >= 0.6 is 0 Å². The summed E-state index contributed by atoms with van der Waals surface area (Å²) in [5.41, 5.74) is 3.34. The van der Waals surface area contributed by atoms with Gasteiger partial charge in [0.05, 0.1) is 5.56 Å². The van der Waals surface area contributed by atoms with Gasteiger partial charge in [-0.3, -0.25) is 9.59 Å². The number of aliphatic carboxylic acids is 1. The van der Waals surface area contributed by atoms with Gasteiger partial charge in [-0.1, -0.05) is 54.6 Å². The number of benzene rings is 3. The van der Waals surface area contributed by atoms with Crippen LogP contribution in [0.1, 0.15) is 37.4 Å². The Balaban J connectivity index is 1.62.